The number of aliphatic imine (C=N–C) groups is 1. The Morgan fingerprint density at radius 3 is 1.92 bits per heavy atom. The second-order valence-electron chi connectivity index (χ2n) is 7.84. The number of rotatable bonds is 9. The molecule has 11 heteroatoms. The molecular formula is C15H29NO8S2. The van der Waals surface area contributed by atoms with E-state index in [0.29, 0.717) is 0 Å². The molecule has 0 rings (SSSR count). The highest BCUT2D eigenvalue weighted by Crippen LogP contribution is 2.26. The predicted octanol–water partition coefficient (Wildman–Crippen LogP) is 1.98. The van der Waals surface area contributed by atoms with E-state index < -0.39 is 43.3 Å². The first kappa shape index (κ1) is 25.0. The predicted molar refractivity (Wildman–Crippen MR) is 98.2 cm³/mol. The molecule has 154 valence electrons. The molecule has 0 heterocycles. The molecule has 1 amide bonds. The van der Waals surface area contributed by atoms with Gasteiger partial charge in [0, 0.05) is 12.1 Å². The maximum absolute atomic E-state index is 11.7. The third-order valence-electron chi connectivity index (χ3n) is 2.76. The summed E-state index contributed by atoms with van der Waals surface area (Å²) in [6.45, 7) is 8.21. The Bertz CT molecular complexity index is 702. The zero-order chi connectivity index (χ0) is 20.8. The van der Waals surface area contributed by atoms with Gasteiger partial charge in [-0.3, -0.25) is 8.37 Å². The molecule has 0 aliphatic heterocycles. The van der Waals surface area contributed by atoms with Gasteiger partial charge >= 0.3 is 6.09 Å². The highest BCUT2D eigenvalue weighted by atomic mass is 32.2. The molecule has 0 N–H and O–H groups in total. The van der Waals surface area contributed by atoms with Crippen molar-refractivity contribution in [1.29, 1.82) is 0 Å². The van der Waals surface area contributed by atoms with Crippen molar-refractivity contribution in [3.63, 3.8) is 0 Å². The van der Waals surface area contributed by atoms with Gasteiger partial charge in [-0.15, -0.1) is 0 Å². The van der Waals surface area contributed by atoms with Crippen LogP contribution in [0.2, 0.25) is 0 Å². The smallest absolute Gasteiger partial charge is 0.433 e. The van der Waals surface area contributed by atoms with Crippen molar-refractivity contribution in [2.24, 2.45) is 16.3 Å². The van der Waals surface area contributed by atoms with E-state index in [9.17, 15) is 21.6 Å². The quantitative estimate of drug-likeness (QED) is 0.413. The molecule has 0 bridgehead atoms. The fraction of sp³-hybridized carbons (Fsp3) is 0.867. The summed E-state index contributed by atoms with van der Waals surface area (Å²) in [6.07, 6.45) is 2.56. The zero-order valence-electron chi connectivity index (χ0n) is 16.3. The summed E-state index contributed by atoms with van der Waals surface area (Å²) >= 11 is 0. The van der Waals surface area contributed by atoms with Crippen LogP contribution < -0.4 is 0 Å². The van der Waals surface area contributed by atoms with E-state index >= 15 is 0 Å². The molecule has 0 spiro atoms. The van der Waals surface area contributed by atoms with E-state index in [1.54, 1.807) is 34.6 Å². The fourth-order valence-electron chi connectivity index (χ4n) is 1.86. The van der Waals surface area contributed by atoms with Gasteiger partial charge in [-0.05, 0) is 32.6 Å². The SMILES string of the molecule is CC(C)(COS(C)(=O)=O)CC(/C=N/C(=O)OC(C)(C)C)COS(C)(=O)=O. The number of hydrogen-bond donors (Lipinski definition) is 0. The monoisotopic (exact) mass is 415 g/mol. The Labute approximate surface area is 156 Å². The molecule has 0 aliphatic carbocycles. The van der Waals surface area contributed by atoms with Crippen LogP contribution in [-0.4, -0.2) is 60.5 Å². The summed E-state index contributed by atoms with van der Waals surface area (Å²) in [4.78, 5) is 15.4. The molecule has 9 nitrogen and oxygen atoms in total. The summed E-state index contributed by atoms with van der Waals surface area (Å²) in [5, 5.41) is 0. The first-order chi connectivity index (χ1) is 11.4. The summed E-state index contributed by atoms with van der Waals surface area (Å²) in [6, 6.07) is 0. The van der Waals surface area contributed by atoms with Crippen LogP contribution in [0.15, 0.2) is 4.99 Å². The van der Waals surface area contributed by atoms with Crippen molar-refractivity contribution in [1.82, 2.24) is 0 Å². The van der Waals surface area contributed by atoms with Gasteiger partial charge in [0.25, 0.3) is 20.2 Å². The van der Waals surface area contributed by atoms with E-state index in [1.165, 1.54) is 6.21 Å². The molecule has 0 aromatic rings. The Hall–Kier alpha value is -1.04. The normalized spacial score (nSPS) is 15.2. The van der Waals surface area contributed by atoms with Crippen molar-refractivity contribution in [2.45, 2.75) is 46.6 Å². The number of hydrogen-bond acceptors (Lipinski definition) is 8. The summed E-state index contributed by atoms with van der Waals surface area (Å²) in [5.74, 6) is -0.574. The van der Waals surface area contributed by atoms with Crippen LogP contribution in [0.3, 0.4) is 0 Å². The molecule has 1 unspecified atom stereocenters. The average Bonchev–Trinajstić information content (AvgIpc) is 2.36. The van der Waals surface area contributed by atoms with Crippen LogP contribution in [0.1, 0.15) is 41.0 Å². The summed E-state index contributed by atoms with van der Waals surface area (Å²) in [7, 11) is -7.29. The van der Waals surface area contributed by atoms with Gasteiger partial charge in [0.1, 0.15) is 5.60 Å². The maximum Gasteiger partial charge on any atom is 0.433 e. The fourth-order valence-corrected chi connectivity index (χ4v) is 2.81. The second kappa shape index (κ2) is 9.25. The minimum atomic E-state index is -3.68. The standard InChI is InChI=1S/C15H29NO8S2/c1-14(2,3)24-13(17)16-9-12(10-22-25(6,18)19)8-15(4,5)11-23-26(7,20)21/h9,12H,8,10-11H2,1-7H3/b16-9+. The Morgan fingerprint density at radius 1 is 1.00 bits per heavy atom. The lowest BCUT2D eigenvalue weighted by atomic mass is 9.84. The van der Waals surface area contributed by atoms with Crippen LogP contribution in [-0.2, 0) is 33.3 Å². The van der Waals surface area contributed by atoms with E-state index in [-0.39, 0.29) is 19.6 Å². The molecule has 0 saturated heterocycles. The molecule has 0 saturated carbocycles. The van der Waals surface area contributed by atoms with Crippen LogP contribution in [0.25, 0.3) is 0 Å². The molecule has 0 radical (unpaired) electrons. The van der Waals surface area contributed by atoms with Crippen LogP contribution >= 0.6 is 0 Å². The van der Waals surface area contributed by atoms with E-state index in [4.69, 9.17) is 13.1 Å². The lowest BCUT2D eigenvalue weighted by molar-refractivity contribution is 0.0603. The number of amides is 1. The Balaban J connectivity index is 5.12. The molecule has 0 aromatic carbocycles. The minimum absolute atomic E-state index is 0.110. The molecule has 26 heavy (non-hydrogen) atoms. The Kier molecular flexibility index (Phi) is 8.88. The van der Waals surface area contributed by atoms with Gasteiger partial charge < -0.3 is 4.74 Å². The zero-order valence-corrected chi connectivity index (χ0v) is 17.9. The molecule has 0 aromatic heterocycles. The Morgan fingerprint density at radius 2 is 1.50 bits per heavy atom. The molecule has 0 fully saturated rings. The van der Waals surface area contributed by atoms with Gasteiger partial charge in [0.05, 0.1) is 25.7 Å². The lowest BCUT2D eigenvalue weighted by Gasteiger charge is -2.27. The highest BCUT2D eigenvalue weighted by Gasteiger charge is 2.26. The second-order valence-corrected chi connectivity index (χ2v) is 11.1. The maximum atomic E-state index is 11.7. The number of nitrogens with zero attached hydrogens (tertiary/aromatic N) is 1. The van der Waals surface area contributed by atoms with Gasteiger partial charge in [0.15, 0.2) is 0 Å². The number of carbonyl (C=O) groups excluding carboxylic acids is 1. The molecular weight excluding hydrogens is 386 g/mol. The van der Waals surface area contributed by atoms with Gasteiger partial charge in [0.2, 0.25) is 0 Å². The van der Waals surface area contributed by atoms with E-state index in [0.717, 1.165) is 12.5 Å². The van der Waals surface area contributed by atoms with Crippen molar-refractivity contribution < 1.29 is 34.7 Å². The summed E-state index contributed by atoms with van der Waals surface area (Å²) in [5.41, 5.74) is -1.36. The van der Waals surface area contributed by atoms with Gasteiger partial charge in [-0.1, -0.05) is 13.8 Å². The van der Waals surface area contributed by atoms with Crippen LogP contribution in [0.5, 0.6) is 0 Å². The largest absolute Gasteiger partial charge is 0.442 e. The van der Waals surface area contributed by atoms with Crippen molar-refractivity contribution in [3.05, 3.63) is 0 Å². The number of ether oxygens (including phenoxy) is 1. The van der Waals surface area contributed by atoms with E-state index in [1.807, 2.05) is 0 Å². The number of carbonyl (C=O) groups is 1. The minimum Gasteiger partial charge on any atom is -0.442 e. The highest BCUT2D eigenvalue weighted by molar-refractivity contribution is 7.86. The third-order valence-corrected chi connectivity index (χ3v) is 3.87. The molecule has 1 atom stereocenters. The summed E-state index contributed by atoms with van der Waals surface area (Å²) < 4.78 is 59.4. The van der Waals surface area contributed by atoms with Crippen molar-refractivity contribution >= 4 is 32.5 Å². The first-order valence-electron chi connectivity index (χ1n) is 7.84. The molecule has 0 aliphatic rings. The van der Waals surface area contributed by atoms with Crippen LogP contribution in [0, 0.1) is 11.3 Å². The first-order valence-corrected chi connectivity index (χ1v) is 11.5. The van der Waals surface area contributed by atoms with Crippen molar-refractivity contribution in [2.75, 3.05) is 25.7 Å². The average molecular weight is 416 g/mol. The van der Waals surface area contributed by atoms with Gasteiger partial charge in [-0.2, -0.15) is 21.8 Å². The lowest BCUT2D eigenvalue weighted by Crippen LogP contribution is -2.28. The van der Waals surface area contributed by atoms with Crippen molar-refractivity contribution in [3.8, 4) is 0 Å². The van der Waals surface area contributed by atoms with E-state index in [2.05, 4.69) is 4.99 Å². The topological polar surface area (TPSA) is 125 Å². The third kappa shape index (κ3) is 15.2. The van der Waals surface area contributed by atoms with Crippen LogP contribution in [0.4, 0.5) is 4.79 Å². The van der Waals surface area contributed by atoms with Gasteiger partial charge in [-0.25, -0.2) is 4.79 Å².